The van der Waals surface area contributed by atoms with E-state index in [0.717, 1.165) is 42.8 Å². The van der Waals surface area contributed by atoms with Gasteiger partial charge in [0.05, 0.1) is 5.60 Å². The van der Waals surface area contributed by atoms with Gasteiger partial charge in [0.25, 0.3) is 0 Å². The highest BCUT2D eigenvalue weighted by molar-refractivity contribution is 5.72. The first-order valence-corrected chi connectivity index (χ1v) is 10.5. The second kappa shape index (κ2) is 9.90. The molecule has 1 heterocycles. The van der Waals surface area contributed by atoms with E-state index in [-0.39, 0.29) is 11.8 Å². The van der Waals surface area contributed by atoms with Gasteiger partial charge in [-0.3, -0.25) is 4.79 Å². The van der Waals surface area contributed by atoms with Crippen molar-refractivity contribution in [2.75, 3.05) is 19.6 Å². The summed E-state index contributed by atoms with van der Waals surface area (Å²) in [5.74, 6) is 1.53. The molecule has 0 bridgehead atoms. The van der Waals surface area contributed by atoms with Gasteiger partial charge < -0.3 is 20.5 Å². The Labute approximate surface area is 173 Å². The lowest BCUT2D eigenvalue weighted by Crippen LogP contribution is -2.44. The van der Waals surface area contributed by atoms with E-state index in [1.54, 1.807) is 0 Å². The molecule has 156 valence electrons. The number of aryl methyl sites for hydroxylation is 1. The van der Waals surface area contributed by atoms with Crippen LogP contribution in [0.5, 0.6) is 11.5 Å². The third kappa shape index (κ3) is 5.37. The minimum absolute atomic E-state index is 0.0452. The average Bonchev–Trinajstić information content (AvgIpc) is 2.73. The molecule has 1 aliphatic rings. The minimum atomic E-state index is -1.02. The van der Waals surface area contributed by atoms with E-state index in [4.69, 9.17) is 4.74 Å². The first-order chi connectivity index (χ1) is 14.0. The molecule has 2 unspecified atom stereocenters. The van der Waals surface area contributed by atoms with Gasteiger partial charge in [-0.2, -0.15) is 0 Å². The quantitative estimate of drug-likeness (QED) is 0.592. The Morgan fingerprint density at radius 3 is 2.62 bits per heavy atom. The summed E-state index contributed by atoms with van der Waals surface area (Å²) >= 11 is 0. The number of hydrogen-bond donors (Lipinski definition) is 3. The van der Waals surface area contributed by atoms with Crippen LogP contribution in [0.25, 0.3) is 0 Å². The van der Waals surface area contributed by atoms with Crippen molar-refractivity contribution in [2.24, 2.45) is 5.92 Å². The lowest BCUT2D eigenvalue weighted by molar-refractivity contribution is -0.119. The Balaban J connectivity index is 1.90. The SMILES string of the molecule is CC(=O)NCCCC(O)(c1ccccc1Oc1ccccc1C)C1CCCNC1. The zero-order valence-electron chi connectivity index (χ0n) is 17.4. The molecule has 2 atom stereocenters. The highest BCUT2D eigenvalue weighted by Gasteiger charge is 2.40. The third-order valence-corrected chi connectivity index (χ3v) is 5.75. The summed E-state index contributed by atoms with van der Waals surface area (Å²) in [6.07, 6.45) is 3.26. The van der Waals surface area contributed by atoms with Crippen molar-refractivity contribution in [2.45, 2.75) is 45.1 Å². The molecule has 1 saturated heterocycles. The lowest BCUT2D eigenvalue weighted by atomic mass is 9.74. The summed E-state index contributed by atoms with van der Waals surface area (Å²) in [6, 6.07) is 15.7. The molecule has 0 saturated carbocycles. The first kappa shape index (κ1) is 21.3. The topological polar surface area (TPSA) is 70.6 Å². The fourth-order valence-corrected chi connectivity index (χ4v) is 4.14. The minimum Gasteiger partial charge on any atom is -0.457 e. The van der Waals surface area contributed by atoms with Crippen molar-refractivity contribution >= 4 is 5.91 Å². The molecule has 2 aromatic carbocycles. The van der Waals surface area contributed by atoms with E-state index < -0.39 is 5.60 Å². The Morgan fingerprint density at radius 1 is 1.21 bits per heavy atom. The van der Waals surface area contributed by atoms with Gasteiger partial charge >= 0.3 is 0 Å². The molecule has 1 fully saturated rings. The molecule has 2 aromatic rings. The highest BCUT2D eigenvalue weighted by atomic mass is 16.5. The van der Waals surface area contributed by atoms with Gasteiger partial charge in [-0.25, -0.2) is 0 Å². The van der Waals surface area contributed by atoms with E-state index in [9.17, 15) is 9.90 Å². The lowest BCUT2D eigenvalue weighted by Gasteiger charge is -2.40. The standard InChI is InChI=1S/C24H32N2O3/c1-18-9-3-5-12-22(18)29-23-13-6-4-11-21(23)24(28,14-8-16-26-19(2)27)20-10-7-15-25-17-20/h3-6,9,11-13,20,25,28H,7-8,10,14-17H2,1-2H3,(H,26,27). The summed E-state index contributed by atoms with van der Waals surface area (Å²) in [5.41, 5.74) is 0.848. The van der Waals surface area contributed by atoms with Crippen molar-refractivity contribution in [1.82, 2.24) is 10.6 Å². The maximum atomic E-state index is 12.0. The highest BCUT2D eigenvalue weighted by Crippen LogP contribution is 2.43. The monoisotopic (exact) mass is 396 g/mol. The molecule has 1 aliphatic heterocycles. The fraction of sp³-hybridized carbons (Fsp3) is 0.458. The zero-order valence-corrected chi connectivity index (χ0v) is 17.4. The number of hydrogen-bond acceptors (Lipinski definition) is 4. The molecule has 3 N–H and O–H groups in total. The number of carbonyl (C=O) groups excluding carboxylic acids is 1. The number of carbonyl (C=O) groups is 1. The maximum Gasteiger partial charge on any atom is 0.216 e. The Bertz CT molecular complexity index is 817. The largest absolute Gasteiger partial charge is 0.457 e. The van der Waals surface area contributed by atoms with Crippen LogP contribution in [-0.2, 0) is 10.4 Å². The maximum absolute atomic E-state index is 12.0. The van der Waals surface area contributed by atoms with Gasteiger partial charge in [0.2, 0.25) is 5.91 Å². The van der Waals surface area contributed by atoms with Crippen molar-refractivity contribution in [3.05, 3.63) is 59.7 Å². The van der Waals surface area contributed by atoms with E-state index in [1.807, 2.05) is 55.5 Å². The summed E-state index contributed by atoms with van der Waals surface area (Å²) in [7, 11) is 0. The van der Waals surface area contributed by atoms with Crippen LogP contribution in [0.3, 0.4) is 0 Å². The normalized spacial score (nSPS) is 18.7. The van der Waals surface area contributed by atoms with Crippen molar-refractivity contribution in [3.8, 4) is 11.5 Å². The number of para-hydroxylation sites is 2. The van der Waals surface area contributed by atoms with E-state index in [1.165, 1.54) is 6.92 Å². The van der Waals surface area contributed by atoms with E-state index in [0.29, 0.717) is 25.1 Å². The summed E-state index contributed by atoms with van der Waals surface area (Å²) in [6.45, 7) is 5.85. The van der Waals surface area contributed by atoms with Crippen molar-refractivity contribution < 1.29 is 14.6 Å². The predicted octanol–water partition coefficient (Wildman–Crippen LogP) is 3.89. The van der Waals surface area contributed by atoms with Crippen LogP contribution in [0.1, 0.15) is 43.7 Å². The molecular weight excluding hydrogens is 364 g/mol. The van der Waals surface area contributed by atoms with Crippen LogP contribution in [0.15, 0.2) is 48.5 Å². The van der Waals surface area contributed by atoms with Crippen LogP contribution in [0, 0.1) is 12.8 Å². The van der Waals surface area contributed by atoms with Crippen molar-refractivity contribution in [1.29, 1.82) is 0 Å². The molecule has 0 radical (unpaired) electrons. The fourth-order valence-electron chi connectivity index (χ4n) is 4.14. The van der Waals surface area contributed by atoms with Gasteiger partial charge in [-0.1, -0.05) is 36.4 Å². The summed E-state index contributed by atoms with van der Waals surface area (Å²) in [4.78, 5) is 11.2. The first-order valence-electron chi connectivity index (χ1n) is 10.5. The molecule has 0 aliphatic carbocycles. The van der Waals surface area contributed by atoms with Crippen molar-refractivity contribution in [3.63, 3.8) is 0 Å². The average molecular weight is 397 g/mol. The van der Waals surface area contributed by atoms with Gasteiger partial charge in [0.15, 0.2) is 0 Å². The second-order valence-electron chi connectivity index (χ2n) is 7.92. The van der Waals surface area contributed by atoms with Crippen LogP contribution < -0.4 is 15.4 Å². The number of piperidine rings is 1. The summed E-state index contributed by atoms with van der Waals surface area (Å²) in [5, 5.41) is 18.2. The number of nitrogens with one attached hydrogen (secondary N) is 2. The molecule has 0 spiro atoms. The zero-order chi connectivity index (χ0) is 20.7. The molecule has 5 heteroatoms. The second-order valence-corrected chi connectivity index (χ2v) is 7.92. The molecule has 29 heavy (non-hydrogen) atoms. The smallest absolute Gasteiger partial charge is 0.216 e. The molecule has 5 nitrogen and oxygen atoms in total. The third-order valence-electron chi connectivity index (χ3n) is 5.75. The van der Waals surface area contributed by atoms with E-state index in [2.05, 4.69) is 10.6 Å². The molecule has 0 aromatic heterocycles. The molecule has 3 rings (SSSR count). The van der Waals surface area contributed by atoms with Gasteiger partial charge in [0.1, 0.15) is 11.5 Å². The van der Waals surface area contributed by atoms with E-state index >= 15 is 0 Å². The van der Waals surface area contributed by atoms with Crippen LogP contribution in [-0.4, -0.2) is 30.6 Å². The number of aliphatic hydroxyl groups is 1. The molecule has 1 amide bonds. The number of benzene rings is 2. The van der Waals surface area contributed by atoms with Crippen LogP contribution >= 0.6 is 0 Å². The van der Waals surface area contributed by atoms with Gasteiger partial charge in [-0.05, 0) is 56.8 Å². The number of amides is 1. The van der Waals surface area contributed by atoms with Crippen LogP contribution in [0.4, 0.5) is 0 Å². The Morgan fingerprint density at radius 2 is 1.93 bits per heavy atom. The van der Waals surface area contributed by atoms with Crippen LogP contribution in [0.2, 0.25) is 0 Å². The molecular formula is C24H32N2O3. The number of rotatable bonds is 8. The Hall–Kier alpha value is -2.37. The number of ether oxygens (including phenoxy) is 1. The summed E-state index contributed by atoms with van der Waals surface area (Å²) < 4.78 is 6.27. The van der Waals surface area contributed by atoms with Gasteiger partial charge in [-0.15, -0.1) is 0 Å². The van der Waals surface area contributed by atoms with Gasteiger partial charge in [0, 0.05) is 31.5 Å². The Kier molecular flexibility index (Phi) is 7.29. The predicted molar refractivity (Wildman–Crippen MR) is 115 cm³/mol.